The molecule has 0 bridgehead atoms. The smallest absolute Gasteiger partial charge is 0.347 e. The van der Waals surface area contributed by atoms with E-state index >= 15 is 0 Å². The van der Waals surface area contributed by atoms with Crippen LogP contribution in [0.2, 0.25) is 0 Å². The molecule has 0 saturated heterocycles. The van der Waals surface area contributed by atoms with E-state index in [1.165, 1.54) is 16.7 Å². The maximum absolute atomic E-state index is 9.08. The highest BCUT2D eigenvalue weighted by Crippen LogP contribution is 2.18. The molecule has 2 nitrogen and oxygen atoms in total. The quantitative estimate of drug-likeness (QED) is 0.723. The van der Waals surface area contributed by atoms with Crippen LogP contribution in [0.5, 0.6) is 0 Å². The van der Waals surface area contributed by atoms with Crippen molar-refractivity contribution in [2.45, 2.75) is 13.3 Å². The Hall–Kier alpha value is -2.00. The van der Waals surface area contributed by atoms with E-state index in [2.05, 4.69) is 43.3 Å². The second-order valence-corrected chi connectivity index (χ2v) is 4.91. The van der Waals surface area contributed by atoms with Gasteiger partial charge in [0.15, 0.2) is 0 Å². The predicted molar refractivity (Wildman–Crippen MR) is 79.2 cm³/mol. The van der Waals surface area contributed by atoms with Gasteiger partial charge in [0.25, 0.3) is 0 Å². The molecule has 1 N–H and O–H groups in total. The van der Waals surface area contributed by atoms with Crippen LogP contribution in [-0.2, 0) is 6.42 Å². The van der Waals surface area contributed by atoms with Gasteiger partial charge in [0.1, 0.15) is 5.58 Å². The molecule has 0 aliphatic carbocycles. The van der Waals surface area contributed by atoms with Crippen LogP contribution in [0, 0.1) is 6.92 Å². The Morgan fingerprint density at radius 2 is 1.74 bits per heavy atom. The molecule has 0 atom stereocenters. The zero-order valence-electron chi connectivity index (χ0n) is 10.9. The van der Waals surface area contributed by atoms with Crippen LogP contribution in [0.1, 0.15) is 16.7 Å². The van der Waals surface area contributed by atoms with Gasteiger partial charge in [-0.15, -0.1) is 0 Å². The maximum Gasteiger partial charge on any atom is 0.347 e. The average Bonchev–Trinajstić information content (AvgIpc) is 2.83. The fraction of sp³-hybridized carbons (Fsp3) is 0.125. The van der Waals surface area contributed by atoms with Crippen molar-refractivity contribution in [3.05, 3.63) is 65.2 Å². The van der Waals surface area contributed by atoms with Crippen LogP contribution in [0.25, 0.3) is 11.0 Å². The van der Waals surface area contributed by atoms with Crippen LogP contribution in [0.15, 0.2) is 52.9 Å². The largest absolute Gasteiger partial charge is 0.468 e. The Balaban J connectivity index is 1.90. The molecule has 3 aromatic rings. The van der Waals surface area contributed by atoms with Crippen molar-refractivity contribution >= 4 is 24.1 Å². The molecule has 0 amide bonds. The lowest BCUT2D eigenvalue weighted by Gasteiger charge is -2.02. The van der Waals surface area contributed by atoms with Crippen molar-refractivity contribution in [2.24, 2.45) is 0 Å². The molecule has 0 aliphatic rings. The van der Waals surface area contributed by atoms with Gasteiger partial charge in [-0.25, -0.2) is 0 Å². The van der Waals surface area contributed by atoms with Gasteiger partial charge < -0.3 is 9.44 Å². The molecule has 94 valence electrons. The molecule has 0 fully saturated rings. The van der Waals surface area contributed by atoms with Crippen LogP contribution >= 0.6 is 0 Å². The molecule has 0 saturated carbocycles. The Bertz CT molecular complexity index is 698. The Labute approximate surface area is 113 Å². The second kappa shape index (κ2) is 4.94. The van der Waals surface area contributed by atoms with Gasteiger partial charge in [-0.1, -0.05) is 35.9 Å². The Morgan fingerprint density at radius 3 is 2.47 bits per heavy atom. The number of benzene rings is 2. The van der Waals surface area contributed by atoms with Gasteiger partial charge in [0, 0.05) is 5.39 Å². The summed E-state index contributed by atoms with van der Waals surface area (Å²) in [5, 5.41) is 10.1. The molecule has 3 rings (SSSR count). The molecule has 0 spiro atoms. The van der Waals surface area contributed by atoms with E-state index in [0.29, 0.717) is 5.66 Å². The number of rotatable bonds is 3. The first kappa shape index (κ1) is 12.1. The van der Waals surface area contributed by atoms with E-state index < -0.39 is 0 Å². The first-order chi connectivity index (χ1) is 9.24. The van der Waals surface area contributed by atoms with Gasteiger partial charge in [-0.2, -0.15) is 0 Å². The van der Waals surface area contributed by atoms with E-state index in [-0.39, 0.29) is 7.48 Å². The monoisotopic (exact) mass is 250 g/mol. The topological polar surface area (TPSA) is 33.4 Å². The molecule has 19 heavy (non-hydrogen) atoms. The van der Waals surface area contributed by atoms with Crippen molar-refractivity contribution in [1.82, 2.24) is 0 Å². The van der Waals surface area contributed by atoms with E-state index in [0.717, 1.165) is 17.4 Å². The summed E-state index contributed by atoms with van der Waals surface area (Å²) in [4.78, 5) is 0. The van der Waals surface area contributed by atoms with E-state index in [1.54, 1.807) is 0 Å². The summed E-state index contributed by atoms with van der Waals surface area (Å²) in [7, 11) is -0.0536. The maximum atomic E-state index is 9.08. The minimum Gasteiger partial charge on any atom is -0.468 e. The molecule has 0 aliphatic heterocycles. The van der Waals surface area contributed by atoms with E-state index in [1.807, 2.05) is 12.1 Å². The zero-order chi connectivity index (χ0) is 13.2. The summed E-state index contributed by atoms with van der Waals surface area (Å²) < 4.78 is 5.49. The molecule has 3 heteroatoms. The summed E-state index contributed by atoms with van der Waals surface area (Å²) >= 11 is 0. The van der Waals surface area contributed by atoms with Gasteiger partial charge in [-0.3, -0.25) is 0 Å². The van der Waals surface area contributed by atoms with Crippen molar-refractivity contribution in [3.8, 4) is 0 Å². The summed E-state index contributed by atoms with van der Waals surface area (Å²) in [6, 6.07) is 16.7. The lowest BCUT2D eigenvalue weighted by Crippen LogP contribution is -2.08. The third-order valence-electron chi connectivity index (χ3n) is 3.32. The number of furan rings is 1. The van der Waals surface area contributed by atoms with Crippen LogP contribution in [-0.4, -0.2) is 12.5 Å². The lowest BCUT2D eigenvalue weighted by atomic mass is 9.97. The molecule has 0 radical (unpaired) electrons. The summed E-state index contributed by atoms with van der Waals surface area (Å²) in [6.07, 6.45) is 0.913. The third kappa shape index (κ3) is 2.56. The minimum atomic E-state index is -0.0536. The van der Waals surface area contributed by atoms with E-state index in [4.69, 9.17) is 9.44 Å². The zero-order valence-corrected chi connectivity index (χ0v) is 10.9. The van der Waals surface area contributed by atoms with Gasteiger partial charge in [0.05, 0.1) is 5.66 Å². The summed E-state index contributed by atoms with van der Waals surface area (Å²) in [5.74, 6) is 0. The number of aryl methyl sites for hydroxylation is 1. The molecular formula is C16H15BO2. The van der Waals surface area contributed by atoms with Crippen LogP contribution in [0.3, 0.4) is 0 Å². The first-order valence-corrected chi connectivity index (χ1v) is 6.42. The number of fused-ring (bicyclic) bond motifs is 1. The highest BCUT2D eigenvalue weighted by molar-refractivity contribution is 6.44. The van der Waals surface area contributed by atoms with Crippen molar-refractivity contribution in [2.75, 3.05) is 0 Å². The Kier molecular flexibility index (Phi) is 3.14. The minimum absolute atomic E-state index is 0.0536. The molecule has 2 aromatic carbocycles. The normalized spacial score (nSPS) is 10.8. The van der Waals surface area contributed by atoms with Crippen LogP contribution in [0.4, 0.5) is 0 Å². The van der Waals surface area contributed by atoms with Gasteiger partial charge >= 0.3 is 7.48 Å². The van der Waals surface area contributed by atoms with E-state index in [9.17, 15) is 0 Å². The first-order valence-electron chi connectivity index (χ1n) is 6.42. The van der Waals surface area contributed by atoms with Gasteiger partial charge in [0.2, 0.25) is 0 Å². The number of hydrogen-bond acceptors (Lipinski definition) is 2. The molecule has 0 unspecified atom stereocenters. The number of hydrogen-bond donors (Lipinski definition) is 1. The molecule has 1 aromatic heterocycles. The summed E-state index contributed by atoms with van der Waals surface area (Å²) in [6.45, 7) is 2.09. The summed E-state index contributed by atoms with van der Waals surface area (Å²) in [5.41, 5.74) is 5.28. The van der Waals surface area contributed by atoms with Crippen molar-refractivity contribution in [1.29, 1.82) is 0 Å². The highest BCUT2D eigenvalue weighted by Gasteiger charge is 2.05. The second-order valence-electron chi connectivity index (χ2n) is 4.91. The average molecular weight is 250 g/mol. The van der Waals surface area contributed by atoms with Gasteiger partial charge in [-0.05, 0) is 42.7 Å². The Morgan fingerprint density at radius 1 is 1.00 bits per heavy atom. The molecule has 1 heterocycles. The standard InChI is InChI=1S/C16H15BO2/c1-11-2-4-12(5-3-11)8-13-6-7-15-14(9-13)10-16(17-18)19-15/h2-7,9-10,17-18H,8H2,1H3. The van der Waals surface area contributed by atoms with Crippen molar-refractivity contribution in [3.63, 3.8) is 0 Å². The lowest BCUT2D eigenvalue weighted by molar-refractivity contribution is 0.584. The third-order valence-corrected chi connectivity index (χ3v) is 3.32. The highest BCUT2D eigenvalue weighted by atomic mass is 16.3. The molecular weight excluding hydrogens is 235 g/mol. The fourth-order valence-corrected chi connectivity index (χ4v) is 2.28. The van der Waals surface area contributed by atoms with Crippen LogP contribution < -0.4 is 5.66 Å². The SMILES string of the molecule is Cc1ccc(Cc2ccc3oc(BO)cc3c2)cc1. The predicted octanol–water partition coefficient (Wildman–Crippen LogP) is 2.30. The van der Waals surface area contributed by atoms with Crippen molar-refractivity contribution < 1.29 is 9.44 Å². The fourth-order valence-electron chi connectivity index (χ4n) is 2.28.